The highest BCUT2D eigenvalue weighted by atomic mass is 35.5. The summed E-state index contributed by atoms with van der Waals surface area (Å²) >= 11 is 1.63. The van der Waals surface area contributed by atoms with Gasteiger partial charge in [-0.2, -0.15) is 0 Å². The Morgan fingerprint density at radius 1 is 0.935 bits per heavy atom. The van der Waals surface area contributed by atoms with E-state index in [1.165, 1.54) is 0 Å². The van der Waals surface area contributed by atoms with Crippen LogP contribution in [0.2, 0.25) is 0 Å². The van der Waals surface area contributed by atoms with Crippen molar-refractivity contribution in [3.05, 3.63) is 41.4 Å². The lowest BCUT2D eigenvalue weighted by Gasteiger charge is -2.23. The number of aliphatic hydroxyl groups is 4. The fourth-order valence-corrected chi connectivity index (χ4v) is 4.42. The fourth-order valence-electron chi connectivity index (χ4n) is 3.61. The van der Waals surface area contributed by atoms with E-state index in [4.69, 9.17) is 4.74 Å². The number of unbranched alkanes of at least 4 members (excludes halogenated alkanes) is 3. The smallest absolute Gasteiger partial charge is 0.123 e. The van der Waals surface area contributed by atoms with Crippen molar-refractivity contribution in [1.29, 1.82) is 0 Å². The summed E-state index contributed by atoms with van der Waals surface area (Å²) in [6, 6.07) is 10.1. The van der Waals surface area contributed by atoms with E-state index in [-0.39, 0.29) is 25.5 Å². The Bertz CT molecular complexity index is 735. The second-order valence-corrected chi connectivity index (χ2v) is 8.71. The van der Waals surface area contributed by atoms with Gasteiger partial charge in [0.1, 0.15) is 17.2 Å². The zero-order valence-corrected chi connectivity index (χ0v) is 19.2. The van der Waals surface area contributed by atoms with E-state index in [1.807, 2.05) is 28.5 Å². The van der Waals surface area contributed by atoms with E-state index in [9.17, 15) is 20.4 Å². The minimum absolute atomic E-state index is 0. The first-order valence-electron chi connectivity index (χ1n) is 10.6. The summed E-state index contributed by atoms with van der Waals surface area (Å²) in [5, 5.41) is 42.3. The second kappa shape index (κ2) is 13.4. The molecule has 0 saturated carbocycles. The van der Waals surface area contributed by atoms with Gasteiger partial charge in [0.05, 0.1) is 24.5 Å². The van der Waals surface area contributed by atoms with Gasteiger partial charge in [0.15, 0.2) is 0 Å². The molecular formula is C22H33ClN2O5S. The number of halogens is 1. The normalized spacial score (nSPS) is 24.5. The van der Waals surface area contributed by atoms with Crippen LogP contribution in [0.1, 0.15) is 31.4 Å². The number of β-amino-alcohol motifs (C(OH)–C–C–N with tert-alkyl or cyclic N) is 2. The number of thiazole rings is 1. The van der Waals surface area contributed by atoms with E-state index in [1.54, 1.807) is 11.3 Å². The van der Waals surface area contributed by atoms with Gasteiger partial charge in [-0.15, -0.1) is 23.7 Å². The summed E-state index contributed by atoms with van der Waals surface area (Å²) in [5.41, 5.74) is 2.09. The van der Waals surface area contributed by atoms with Gasteiger partial charge in [0, 0.05) is 30.6 Å². The molecule has 4 atom stereocenters. The van der Waals surface area contributed by atoms with Gasteiger partial charge in [-0.25, -0.2) is 4.98 Å². The van der Waals surface area contributed by atoms with E-state index in [0.717, 1.165) is 48.5 Å². The third-order valence-electron chi connectivity index (χ3n) is 5.36. The highest BCUT2D eigenvalue weighted by Gasteiger charge is 2.35. The van der Waals surface area contributed by atoms with Crippen molar-refractivity contribution >= 4 is 23.7 Å². The minimum Gasteiger partial charge on any atom is -0.389 e. The third-order valence-corrected chi connectivity index (χ3v) is 6.30. The lowest BCUT2D eigenvalue weighted by molar-refractivity contribution is -0.0894. The molecule has 1 aliphatic rings. The Morgan fingerprint density at radius 3 is 2.26 bits per heavy atom. The quantitative estimate of drug-likeness (QED) is 0.392. The molecule has 7 nitrogen and oxygen atoms in total. The van der Waals surface area contributed by atoms with Crippen LogP contribution in [-0.4, -0.2) is 81.0 Å². The zero-order valence-electron chi connectivity index (χ0n) is 17.5. The molecule has 1 aliphatic heterocycles. The number of benzene rings is 1. The molecule has 0 aliphatic carbocycles. The number of nitrogens with zero attached hydrogens (tertiary/aromatic N) is 2. The fraction of sp³-hybridized carbons (Fsp3) is 0.591. The van der Waals surface area contributed by atoms with Crippen molar-refractivity contribution in [2.24, 2.45) is 0 Å². The van der Waals surface area contributed by atoms with Gasteiger partial charge in [-0.05, 0) is 19.4 Å². The zero-order chi connectivity index (χ0) is 21.3. The molecule has 174 valence electrons. The van der Waals surface area contributed by atoms with Crippen LogP contribution in [0.15, 0.2) is 35.7 Å². The first-order chi connectivity index (χ1) is 14.5. The standard InChI is InChI=1S/C22H32N2O5S.ClH/c25-18-12-24(13-19(26)21(28)20(18)27)10-6-1-2-7-11-29-14-17-15-30-22(23-17)16-8-4-3-5-9-16;/h3-5,8-9,15,18-21,25-28H,1-2,6-7,10-14H2;1H/t18-,19-,20+,21+;/m0./s1. The maximum atomic E-state index is 9.89. The molecule has 31 heavy (non-hydrogen) atoms. The maximum Gasteiger partial charge on any atom is 0.123 e. The number of hydrogen-bond acceptors (Lipinski definition) is 8. The van der Waals surface area contributed by atoms with Crippen molar-refractivity contribution in [3.8, 4) is 10.6 Å². The molecule has 9 heteroatoms. The first-order valence-corrected chi connectivity index (χ1v) is 11.4. The van der Waals surface area contributed by atoms with Crippen molar-refractivity contribution in [2.45, 2.75) is 56.7 Å². The Balaban J connectivity index is 0.00000341. The van der Waals surface area contributed by atoms with Crippen LogP contribution in [-0.2, 0) is 11.3 Å². The average molecular weight is 473 g/mol. The molecule has 1 aromatic carbocycles. The SMILES string of the molecule is Cl.O[C@H]1[C@H](O)[C@@H](O)CN(CCCCCCOCc2csc(-c3ccccc3)n2)C[C@@H]1O. The van der Waals surface area contributed by atoms with Crippen LogP contribution in [0.4, 0.5) is 0 Å². The molecule has 1 saturated heterocycles. The summed E-state index contributed by atoms with van der Waals surface area (Å²) in [6.45, 7) is 2.46. The van der Waals surface area contributed by atoms with Crippen LogP contribution >= 0.6 is 23.7 Å². The number of ether oxygens (including phenoxy) is 1. The minimum atomic E-state index is -1.30. The van der Waals surface area contributed by atoms with E-state index in [0.29, 0.717) is 13.2 Å². The Labute approximate surface area is 193 Å². The van der Waals surface area contributed by atoms with E-state index in [2.05, 4.69) is 17.1 Å². The lowest BCUT2D eigenvalue weighted by Crippen LogP contribution is -2.43. The summed E-state index contributed by atoms with van der Waals surface area (Å²) in [7, 11) is 0. The van der Waals surface area contributed by atoms with Crippen LogP contribution in [0.25, 0.3) is 10.6 Å². The summed E-state index contributed by atoms with van der Waals surface area (Å²) in [6.07, 6.45) is -0.733. The van der Waals surface area contributed by atoms with Crippen LogP contribution < -0.4 is 0 Å². The highest BCUT2D eigenvalue weighted by molar-refractivity contribution is 7.13. The van der Waals surface area contributed by atoms with E-state index >= 15 is 0 Å². The Kier molecular flexibility index (Phi) is 11.3. The van der Waals surface area contributed by atoms with Crippen molar-refractivity contribution in [1.82, 2.24) is 9.88 Å². The largest absolute Gasteiger partial charge is 0.389 e. The molecule has 2 heterocycles. The molecule has 4 N–H and O–H groups in total. The number of aromatic nitrogens is 1. The summed E-state index contributed by atoms with van der Waals surface area (Å²) < 4.78 is 5.75. The molecule has 0 spiro atoms. The molecule has 1 fully saturated rings. The Morgan fingerprint density at radius 2 is 1.58 bits per heavy atom. The van der Waals surface area contributed by atoms with Crippen molar-refractivity contribution < 1.29 is 25.2 Å². The number of aliphatic hydroxyl groups excluding tert-OH is 4. The molecule has 0 bridgehead atoms. The van der Waals surface area contributed by atoms with Crippen LogP contribution in [0.5, 0.6) is 0 Å². The molecule has 0 radical (unpaired) electrons. The predicted molar refractivity (Wildman–Crippen MR) is 123 cm³/mol. The van der Waals surface area contributed by atoms with E-state index < -0.39 is 24.4 Å². The van der Waals surface area contributed by atoms with Crippen molar-refractivity contribution in [2.75, 3.05) is 26.2 Å². The molecule has 2 aromatic rings. The predicted octanol–water partition coefficient (Wildman–Crippen LogP) is 2.07. The van der Waals surface area contributed by atoms with Gasteiger partial charge >= 0.3 is 0 Å². The monoisotopic (exact) mass is 472 g/mol. The molecule has 1 aromatic heterocycles. The maximum absolute atomic E-state index is 9.89. The third kappa shape index (κ3) is 8.07. The van der Waals surface area contributed by atoms with Crippen LogP contribution in [0.3, 0.4) is 0 Å². The average Bonchev–Trinajstić information content (AvgIpc) is 3.20. The van der Waals surface area contributed by atoms with Gasteiger partial charge in [0.25, 0.3) is 0 Å². The number of rotatable bonds is 10. The molecule has 0 amide bonds. The van der Waals surface area contributed by atoms with Gasteiger partial charge < -0.3 is 25.2 Å². The molecule has 0 unspecified atom stereocenters. The van der Waals surface area contributed by atoms with Gasteiger partial charge in [-0.3, -0.25) is 4.90 Å². The number of likely N-dealkylation sites (tertiary alicyclic amines) is 1. The molecular weight excluding hydrogens is 440 g/mol. The topological polar surface area (TPSA) is 106 Å². The van der Waals surface area contributed by atoms with Gasteiger partial charge in [-0.1, -0.05) is 43.2 Å². The lowest BCUT2D eigenvalue weighted by atomic mass is 10.1. The summed E-state index contributed by atoms with van der Waals surface area (Å²) in [4.78, 5) is 6.52. The summed E-state index contributed by atoms with van der Waals surface area (Å²) in [5.74, 6) is 0. The highest BCUT2D eigenvalue weighted by Crippen LogP contribution is 2.23. The molecule has 3 rings (SSSR count). The first kappa shape index (κ1) is 26.2. The van der Waals surface area contributed by atoms with Crippen molar-refractivity contribution in [3.63, 3.8) is 0 Å². The number of hydrogen-bond donors (Lipinski definition) is 4. The second-order valence-electron chi connectivity index (χ2n) is 7.85. The van der Waals surface area contributed by atoms with Gasteiger partial charge in [0.2, 0.25) is 0 Å². The van der Waals surface area contributed by atoms with Crippen LogP contribution in [0, 0.1) is 0 Å². The Hall–Kier alpha value is -1.10.